The molecule has 15 heavy (non-hydrogen) atoms. The van der Waals surface area contributed by atoms with Gasteiger partial charge in [-0.15, -0.1) is 0 Å². The second-order valence-electron chi connectivity index (χ2n) is 3.19. The van der Waals surface area contributed by atoms with E-state index in [9.17, 15) is 13.6 Å². The molecule has 1 unspecified atom stereocenters. The van der Waals surface area contributed by atoms with Crippen molar-refractivity contribution >= 4 is 21.7 Å². The Kier molecular flexibility index (Phi) is 3.93. The Morgan fingerprint density at radius 2 is 2.07 bits per heavy atom. The average Bonchev–Trinajstić information content (AvgIpc) is 2.15. The van der Waals surface area contributed by atoms with E-state index < -0.39 is 18.3 Å². The number of hydrogen-bond donors (Lipinski definition) is 1. The maximum Gasteiger partial charge on any atom is 0.264 e. The molecule has 0 aromatic heterocycles. The molecule has 0 spiro atoms. The van der Waals surface area contributed by atoms with Gasteiger partial charge >= 0.3 is 0 Å². The highest BCUT2D eigenvalue weighted by Crippen LogP contribution is 2.26. The number of alkyl halides is 2. The van der Waals surface area contributed by atoms with Crippen LogP contribution in [0.4, 0.5) is 8.78 Å². The molecule has 2 nitrogen and oxygen atoms in total. The minimum absolute atomic E-state index is 0.0191. The molecular weight excluding hydrogens is 268 g/mol. The molecule has 0 saturated carbocycles. The zero-order valence-electron chi connectivity index (χ0n) is 8.01. The van der Waals surface area contributed by atoms with Gasteiger partial charge in [-0.25, -0.2) is 8.78 Å². The number of Topliss-reactive ketones (excluding diaryl/α,β-unsaturated/α-hetero) is 1. The monoisotopic (exact) mass is 277 g/mol. The molecule has 5 heteroatoms. The predicted molar refractivity (Wildman–Crippen MR) is 57.1 cm³/mol. The maximum absolute atomic E-state index is 12.6. The van der Waals surface area contributed by atoms with E-state index in [0.29, 0.717) is 4.47 Å². The molecule has 1 rings (SSSR count). The molecule has 0 aliphatic rings. The van der Waals surface area contributed by atoms with E-state index in [1.165, 1.54) is 25.1 Å². The largest absolute Gasteiger partial charge is 0.321 e. The van der Waals surface area contributed by atoms with Crippen molar-refractivity contribution in [1.29, 1.82) is 0 Å². The summed E-state index contributed by atoms with van der Waals surface area (Å²) in [6.07, 6.45) is -2.67. The van der Waals surface area contributed by atoms with Gasteiger partial charge < -0.3 is 5.73 Å². The summed E-state index contributed by atoms with van der Waals surface area (Å²) in [5.41, 5.74) is 5.08. The van der Waals surface area contributed by atoms with E-state index in [1.54, 1.807) is 0 Å². The second-order valence-corrected chi connectivity index (χ2v) is 4.10. The maximum atomic E-state index is 12.6. The van der Waals surface area contributed by atoms with Crippen molar-refractivity contribution in [2.45, 2.75) is 19.4 Å². The van der Waals surface area contributed by atoms with Gasteiger partial charge in [0, 0.05) is 15.6 Å². The van der Waals surface area contributed by atoms with Crippen LogP contribution in [0, 0.1) is 0 Å². The summed E-state index contributed by atoms with van der Waals surface area (Å²) in [4.78, 5) is 11.5. The highest BCUT2D eigenvalue weighted by Gasteiger charge is 2.20. The van der Waals surface area contributed by atoms with Crippen molar-refractivity contribution in [3.63, 3.8) is 0 Å². The van der Waals surface area contributed by atoms with Crippen molar-refractivity contribution in [1.82, 2.24) is 0 Å². The van der Waals surface area contributed by atoms with Crippen LogP contribution in [0.5, 0.6) is 0 Å². The molecule has 0 heterocycles. The van der Waals surface area contributed by atoms with Gasteiger partial charge in [-0.1, -0.05) is 22.0 Å². The first kappa shape index (κ1) is 12.3. The first-order chi connectivity index (χ1) is 6.93. The first-order valence-electron chi connectivity index (χ1n) is 4.31. The van der Waals surface area contributed by atoms with Crippen molar-refractivity contribution in [3.05, 3.63) is 33.8 Å². The number of carbonyl (C=O) groups is 1. The van der Waals surface area contributed by atoms with Crippen LogP contribution in [0.3, 0.4) is 0 Å². The van der Waals surface area contributed by atoms with Crippen molar-refractivity contribution in [2.75, 3.05) is 0 Å². The summed E-state index contributed by atoms with van der Waals surface area (Å²) in [7, 11) is 0. The smallest absolute Gasteiger partial charge is 0.264 e. The highest BCUT2D eigenvalue weighted by molar-refractivity contribution is 9.10. The van der Waals surface area contributed by atoms with Gasteiger partial charge in [-0.2, -0.15) is 0 Å². The van der Waals surface area contributed by atoms with Crippen molar-refractivity contribution < 1.29 is 13.6 Å². The zero-order chi connectivity index (χ0) is 11.6. The summed E-state index contributed by atoms with van der Waals surface area (Å²) < 4.78 is 25.7. The lowest BCUT2D eigenvalue weighted by Gasteiger charge is -2.10. The normalized spacial score (nSPS) is 12.9. The fourth-order valence-electron chi connectivity index (χ4n) is 1.18. The molecule has 1 aromatic carbocycles. The van der Waals surface area contributed by atoms with Crippen LogP contribution in [0.15, 0.2) is 22.7 Å². The molecule has 82 valence electrons. The van der Waals surface area contributed by atoms with Crippen LogP contribution in [-0.2, 0) is 0 Å². The Hall–Kier alpha value is -0.810. The molecule has 1 atom stereocenters. The summed E-state index contributed by atoms with van der Waals surface area (Å²) in [5.74, 6) is -0.480. The van der Waals surface area contributed by atoms with Crippen LogP contribution in [0.25, 0.3) is 0 Å². The Morgan fingerprint density at radius 1 is 1.47 bits per heavy atom. The van der Waals surface area contributed by atoms with Crippen LogP contribution in [0.2, 0.25) is 0 Å². The van der Waals surface area contributed by atoms with E-state index in [-0.39, 0.29) is 11.1 Å². The summed E-state index contributed by atoms with van der Waals surface area (Å²) in [6, 6.07) is 3.29. The van der Waals surface area contributed by atoms with Crippen LogP contribution in [0.1, 0.15) is 29.3 Å². The zero-order valence-corrected chi connectivity index (χ0v) is 9.59. The molecule has 0 amide bonds. The van der Waals surface area contributed by atoms with Gasteiger partial charge in [0.05, 0.1) is 6.04 Å². The fraction of sp³-hybridized carbons (Fsp3) is 0.300. The van der Waals surface area contributed by atoms with Gasteiger partial charge in [0.15, 0.2) is 5.78 Å². The molecule has 0 fully saturated rings. The van der Waals surface area contributed by atoms with Crippen molar-refractivity contribution in [3.8, 4) is 0 Å². The highest BCUT2D eigenvalue weighted by atomic mass is 79.9. The standard InChI is InChI=1S/C10H10BrF2NO/c1-5(14)9(15)8-4-6(11)2-3-7(8)10(12)13/h2-5,10H,14H2,1H3. The summed E-state index contributed by atoms with van der Waals surface area (Å²) in [5, 5.41) is 0. The molecule has 0 bridgehead atoms. The van der Waals surface area contributed by atoms with Crippen LogP contribution >= 0.6 is 15.9 Å². The Balaban J connectivity index is 3.24. The fourth-order valence-corrected chi connectivity index (χ4v) is 1.54. The van der Waals surface area contributed by atoms with E-state index in [0.717, 1.165) is 0 Å². The number of nitrogens with two attached hydrogens (primary N) is 1. The lowest BCUT2D eigenvalue weighted by Crippen LogP contribution is -2.27. The minimum atomic E-state index is -2.67. The number of rotatable bonds is 3. The Bertz CT molecular complexity index is 380. The summed E-state index contributed by atoms with van der Waals surface area (Å²) >= 11 is 3.12. The minimum Gasteiger partial charge on any atom is -0.321 e. The molecule has 1 aromatic rings. The van der Waals surface area contributed by atoms with E-state index in [1.807, 2.05) is 0 Å². The van der Waals surface area contributed by atoms with E-state index in [4.69, 9.17) is 5.73 Å². The number of benzene rings is 1. The lowest BCUT2D eigenvalue weighted by atomic mass is 10.0. The first-order valence-corrected chi connectivity index (χ1v) is 5.10. The van der Waals surface area contributed by atoms with Gasteiger partial charge in [-0.05, 0) is 19.1 Å². The third kappa shape index (κ3) is 2.82. The SMILES string of the molecule is CC(N)C(=O)c1cc(Br)ccc1C(F)F. The van der Waals surface area contributed by atoms with Crippen LogP contribution in [-0.4, -0.2) is 11.8 Å². The quantitative estimate of drug-likeness (QED) is 0.864. The van der Waals surface area contributed by atoms with Gasteiger partial charge in [0.2, 0.25) is 0 Å². The third-order valence-electron chi connectivity index (χ3n) is 1.93. The third-order valence-corrected chi connectivity index (χ3v) is 2.42. The molecule has 2 N–H and O–H groups in total. The number of hydrogen-bond acceptors (Lipinski definition) is 2. The van der Waals surface area contributed by atoms with Crippen LogP contribution < -0.4 is 5.73 Å². The Labute approximate surface area is 94.6 Å². The molecule has 0 aliphatic carbocycles. The van der Waals surface area contributed by atoms with Gasteiger partial charge in [0.25, 0.3) is 6.43 Å². The molecule has 0 radical (unpaired) electrons. The number of carbonyl (C=O) groups excluding carboxylic acids is 1. The van der Waals surface area contributed by atoms with Crippen molar-refractivity contribution in [2.24, 2.45) is 5.73 Å². The summed E-state index contributed by atoms with van der Waals surface area (Å²) in [6.45, 7) is 1.47. The van der Waals surface area contributed by atoms with Gasteiger partial charge in [0.1, 0.15) is 0 Å². The molecule has 0 saturated heterocycles. The average molecular weight is 278 g/mol. The molecular formula is C10H10BrF2NO. The predicted octanol–water partition coefficient (Wildman–Crippen LogP) is 2.92. The lowest BCUT2D eigenvalue weighted by molar-refractivity contribution is 0.0954. The number of ketones is 1. The van der Waals surface area contributed by atoms with E-state index >= 15 is 0 Å². The van der Waals surface area contributed by atoms with Gasteiger partial charge in [-0.3, -0.25) is 4.79 Å². The Morgan fingerprint density at radius 3 is 2.53 bits per heavy atom. The molecule has 0 aliphatic heterocycles. The number of halogens is 3. The topological polar surface area (TPSA) is 43.1 Å². The van der Waals surface area contributed by atoms with E-state index in [2.05, 4.69) is 15.9 Å². The second kappa shape index (κ2) is 4.81.